The molecule has 2 rings (SSSR count). The molecule has 78 valence electrons. The molecule has 1 aliphatic heterocycles. The molecule has 3 nitrogen and oxygen atoms in total. The van der Waals surface area contributed by atoms with Crippen LogP contribution >= 0.6 is 0 Å². The Morgan fingerprint density at radius 1 is 1.40 bits per heavy atom. The minimum absolute atomic E-state index is 0.129. The molecule has 0 saturated carbocycles. The van der Waals surface area contributed by atoms with Crippen molar-refractivity contribution < 1.29 is 14.3 Å². The van der Waals surface area contributed by atoms with E-state index in [1.54, 1.807) is 18.2 Å². The third kappa shape index (κ3) is 2.14. The van der Waals surface area contributed by atoms with E-state index in [9.17, 15) is 4.79 Å². The van der Waals surface area contributed by atoms with Gasteiger partial charge in [-0.1, -0.05) is 30.9 Å². The van der Waals surface area contributed by atoms with Crippen molar-refractivity contribution in [1.29, 1.82) is 0 Å². The summed E-state index contributed by atoms with van der Waals surface area (Å²) in [5.41, 5.74) is 1.51. The molecule has 1 fully saturated rings. The molecule has 1 saturated heterocycles. The number of carbonyl (C=O) groups is 1. The zero-order valence-electron chi connectivity index (χ0n) is 8.31. The molecule has 1 aromatic carbocycles. The fourth-order valence-electron chi connectivity index (χ4n) is 1.46. The highest BCUT2D eigenvalue weighted by atomic mass is 16.7. The van der Waals surface area contributed by atoms with Gasteiger partial charge in [-0.15, -0.1) is 0 Å². The first-order valence-corrected chi connectivity index (χ1v) is 4.81. The Balaban J connectivity index is 2.20. The van der Waals surface area contributed by atoms with Crippen LogP contribution in [0.1, 0.15) is 15.9 Å². The lowest BCUT2D eigenvalue weighted by atomic mass is 10.1. The third-order valence-electron chi connectivity index (χ3n) is 2.24. The van der Waals surface area contributed by atoms with Gasteiger partial charge in [0.05, 0.1) is 13.2 Å². The van der Waals surface area contributed by atoms with Crippen LogP contribution in [0.3, 0.4) is 0 Å². The summed E-state index contributed by atoms with van der Waals surface area (Å²) in [7, 11) is 0. The number of benzene rings is 1. The van der Waals surface area contributed by atoms with Gasteiger partial charge < -0.3 is 9.47 Å². The number of rotatable bonds is 3. The first kappa shape index (κ1) is 10.1. The lowest BCUT2D eigenvalue weighted by Gasteiger charge is -2.07. The summed E-state index contributed by atoms with van der Waals surface area (Å²) in [5, 5.41) is 0. The van der Waals surface area contributed by atoms with E-state index in [1.807, 2.05) is 12.1 Å². The highest BCUT2D eigenvalue weighted by Crippen LogP contribution is 2.13. The van der Waals surface area contributed by atoms with Gasteiger partial charge in [-0.25, -0.2) is 0 Å². The average molecular weight is 204 g/mol. The molecular formula is C12H12O3. The summed E-state index contributed by atoms with van der Waals surface area (Å²) in [4.78, 5) is 11.8. The molecule has 0 aromatic heterocycles. The first-order valence-electron chi connectivity index (χ1n) is 4.81. The van der Waals surface area contributed by atoms with Crippen LogP contribution in [0, 0.1) is 0 Å². The minimum atomic E-state index is -0.731. The van der Waals surface area contributed by atoms with Crippen LogP contribution in [0.5, 0.6) is 0 Å². The Bertz CT molecular complexity index is 378. The zero-order valence-corrected chi connectivity index (χ0v) is 8.31. The molecule has 1 aliphatic rings. The van der Waals surface area contributed by atoms with Crippen molar-refractivity contribution in [2.24, 2.45) is 0 Å². The molecule has 0 radical (unpaired) electrons. The predicted molar refractivity (Wildman–Crippen MR) is 56.6 cm³/mol. The van der Waals surface area contributed by atoms with E-state index in [4.69, 9.17) is 9.47 Å². The molecule has 3 heteroatoms. The van der Waals surface area contributed by atoms with Crippen LogP contribution in [0.15, 0.2) is 30.8 Å². The fraction of sp³-hybridized carbons (Fsp3) is 0.250. The molecule has 1 aromatic rings. The van der Waals surface area contributed by atoms with Crippen LogP contribution in [-0.2, 0) is 9.47 Å². The van der Waals surface area contributed by atoms with Crippen molar-refractivity contribution in [2.45, 2.75) is 6.29 Å². The van der Waals surface area contributed by atoms with E-state index in [-0.39, 0.29) is 5.78 Å². The Hall–Kier alpha value is -1.45. The Morgan fingerprint density at radius 3 is 2.80 bits per heavy atom. The molecule has 0 spiro atoms. The van der Waals surface area contributed by atoms with Gasteiger partial charge in [0.1, 0.15) is 0 Å². The number of hydrogen-bond acceptors (Lipinski definition) is 3. The third-order valence-corrected chi connectivity index (χ3v) is 2.24. The second-order valence-corrected chi connectivity index (χ2v) is 3.27. The second kappa shape index (κ2) is 4.38. The summed E-state index contributed by atoms with van der Waals surface area (Å²) < 4.78 is 10.3. The summed E-state index contributed by atoms with van der Waals surface area (Å²) in [5.74, 6) is -0.129. The van der Waals surface area contributed by atoms with Crippen molar-refractivity contribution in [3.05, 3.63) is 42.0 Å². The smallest absolute Gasteiger partial charge is 0.222 e. The van der Waals surface area contributed by atoms with Crippen molar-refractivity contribution in [3.63, 3.8) is 0 Å². The molecule has 0 aliphatic carbocycles. The first-order chi connectivity index (χ1) is 7.31. The highest BCUT2D eigenvalue weighted by Gasteiger charge is 2.25. The maximum atomic E-state index is 11.8. The van der Waals surface area contributed by atoms with Gasteiger partial charge >= 0.3 is 0 Å². The lowest BCUT2D eigenvalue weighted by Crippen LogP contribution is -2.21. The number of hydrogen-bond donors (Lipinski definition) is 0. The summed E-state index contributed by atoms with van der Waals surface area (Å²) in [6.07, 6.45) is 0.970. The minimum Gasteiger partial charge on any atom is -0.343 e. The molecule has 0 bridgehead atoms. The van der Waals surface area contributed by atoms with Crippen molar-refractivity contribution in [3.8, 4) is 0 Å². The van der Waals surface area contributed by atoms with Gasteiger partial charge in [-0.2, -0.15) is 0 Å². The monoisotopic (exact) mass is 204 g/mol. The maximum Gasteiger partial charge on any atom is 0.222 e. The molecule has 0 amide bonds. The van der Waals surface area contributed by atoms with E-state index < -0.39 is 6.29 Å². The largest absolute Gasteiger partial charge is 0.343 e. The van der Waals surface area contributed by atoms with Crippen LogP contribution in [0.2, 0.25) is 0 Å². The number of ether oxygens (including phenoxy) is 2. The summed E-state index contributed by atoms with van der Waals surface area (Å²) in [6.45, 7) is 4.62. The lowest BCUT2D eigenvalue weighted by molar-refractivity contribution is -0.0213. The van der Waals surface area contributed by atoms with Gasteiger partial charge in [0.25, 0.3) is 0 Å². The van der Waals surface area contributed by atoms with Gasteiger partial charge in [0, 0.05) is 5.56 Å². The van der Waals surface area contributed by atoms with Gasteiger partial charge in [0.2, 0.25) is 12.1 Å². The Morgan fingerprint density at radius 2 is 2.13 bits per heavy atom. The standard InChI is InChI=1S/C12H12O3/c1-2-9-4-3-5-10(8-9)11(13)12-14-6-7-15-12/h2-5,8,12H,1,6-7H2. The Labute approximate surface area is 88.3 Å². The van der Waals surface area contributed by atoms with Crippen LogP contribution < -0.4 is 0 Å². The average Bonchev–Trinajstić information content (AvgIpc) is 2.81. The van der Waals surface area contributed by atoms with Crippen LogP contribution in [-0.4, -0.2) is 25.3 Å². The van der Waals surface area contributed by atoms with Crippen LogP contribution in [0.4, 0.5) is 0 Å². The van der Waals surface area contributed by atoms with Gasteiger partial charge in [0.15, 0.2) is 0 Å². The summed E-state index contributed by atoms with van der Waals surface area (Å²) >= 11 is 0. The Kier molecular flexibility index (Phi) is 2.94. The normalized spacial score (nSPS) is 16.5. The van der Waals surface area contributed by atoms with E-state index >= 15 is 0 Å². The highest BCUT2D eigenvalue weighted by molar-refractivity contribution is 5.99. The molecular weight excluding hydrogens is 192 g/mol. The predicted octanol–water partition coefficient (Wildman–Crippen LogP) is 1.89. The number of carbonyl (C=O) groups excluding carboxylic acids is 1. The van der Waals surface area contributed by atoms with E-state index in [2.05, 4.69) is 6.58 Å². The topological polar surface area (TPSA) is 35.5 Å². The van der Waals surface area contributed by atoms with E-state index in [1.165, 1.54) is 0 Å². The molecule has 0 atom stereocenters. The van der Waals surface area contributed by atoms with Crippen molar-refractivity contribution in [1.82, 2.24) is 0 Å². The van der Waals surface area contributed by atoms with Crippen molar-refractivity contribution >= 4 is 11.9 Å². The maximum absolute atomic E-state index is 11.8. The summed E-state index contributed by atoms with van der Waals surface area (Å²) in [6, 6.07) is 7.24. The second-order valence-electron chi connectivity index (χ2n) is 3.27. The van der Waals surface area contributed by atoms with Crippen LogP contribution in [0.25, 0.3) is 6.08 Å². The van der Waals surface area contributed by atoms with Crippen molar-refractivity contribution in [2.75, 3.05) is 13.2 Å². The molecule has 0 N–H and O–H groups in total. The molecule has 15 heavy (non-hydrogen) atoms. The fourth-order valence-corrected chi connectivity index (χ4v) is 1.46. The number of ketones is 1. The SMILES string of the molecule is C=Cc1cccc(C(=O)C2OCCO2)c1. The number of Topliss-reactive ketones (excluding diaryl/α,β-unsaturated/α-hetero) is 1. The zero-order chi connectivity index (χ0) is 10.7. The van der Waals surface area contributed by atoms with Gasteiger partial charge in [-0.3, -0.25) is 4.79 Å². The van der Waals surface area contributed by atoms with E-state index in [0.717, 1.165) is 5.56 Å². The van der Waals surface area contributed by atoms with Gasteiger partial charge in [-0.05, 0) is 11.6 Å². The molecule has 0 unspecified atom stereocenters. The quantitative estimate of drug-likeness (QED) is 0.705. The van der Waals surface area contributed by atoms with E-state index in [0.29, 0.717) is 18.8 Å². The molecule has 1 heterocycles.